The largest absolute Gasteiger partial charge is 0.239 e. The SMILES string of the molecule is CCCc1nc2c(C)cc(C(C)(C)F)c(Cl)n2n1. The van der Waals surface area contributed by atoms with Crippen molar-refractivity contribution >= 4 is 17.2 Å². The Balaban J connectivity index is 2.70. The van der Waals surface area contributed by atoms with Gasteiger partial charge in [0.15, 0.2) is 11.5 Å². The van der Waals surface area contributed by atoms with Gasteiger partial charge in [-0.25, -0.2) is 13.9 Å². The van der Waals surface area contributed by atoms with E-state index in [1.165, 1.54) is 13.8 Å². The van der Waals surface area contributed by atoms with E-state index < -0.39 is 5.67 Å². The van der Waals surface area contributed by atoms with Crippen molar-refractivity contribution in [3.05, 3.63) is 28.2 Å². The number of pyridine rings is 1. The van der Waals surface area contributed by atoms with Crippen LogP contribution in [-0.2, 0) is 12.1 Å². The minimum absolute atomic E-state index is 0.304. The molecule has 0 aliphatic rings. The quantitative estimate of drug-likeness (QED) is 0.793. The molecule has 0 saturated carbocycles. The average Bonchev–Trinajstić information content (AvgIpc) is 2.67. The van der Waals surface area contributed by atoms with E-state index >= 15 is 0 Å². The molecule has 2 aromatic heterocycles. The predicted octanol–water partition coefficient (Wildman–Crippen LogP) is 3.85. The molecule has 0 atom stereocenters. The number of aromatic nitrogens is 3. The summed E-state index contributed by atoms with van der Waals surface area (Å²) in [6, 6.07) is 1.75. The number of fused-ring (bicyclic) bond motifs is 1. The summed E-state index contributed by atoms with van der Waals surface area (Å²) in [5.74, 6) is 0.747. The minimum Gasteiger partial charge on any atom is -0.239 e. The average molecular weight is 270 g/mol. The molecule has 98 valence electrons. The Morgan fingerprint density at radius 1 is 1.44 bits per heavy atom. The van der Waals surface area contributed by atoms with Crippen molar-refractivity contribution < 1.29 is 4.39 Å². The molecule has 3 nitrogen and oxygen atoms in total. The molecular weight excluding hydrogens is 253 g/mol. The molecule has 0 aliphatic heterocycles. The van der Waals surface area contributed by atoms with Gasteiger partial charge in [-0.1, -0.05) is 18.5 Å². The predicted molar refractivity (Wildman–Crippen MR) is 70.9 cm³/mol. The number of rotatable bonds is 3. The lowest BCUT2D eigenvalue weighted by molar-refractivity contribution is 0.220. The molecule has 0 spiro atoms. The Labute approximate surface area is 111 Å². The van der Waals surface area contributed by atoms with Crippen molar-refractivity contribution in [3.63, 3.8) is 0 Å². The number of halogens is 2. The van der Waals surface area contributed by atoms with Crippen LogP contribution in [0.2, 0.25) is 5.15 Å². The highest BCUT2D eigenvalue weighted by molar-refractivity contribution is 6.30. The van der Waals surface area contributed by atoms with Crippen molar-refractivity contribution in [3.8, 4) is 0 Å². The fourth-order valence-corrected chi connectivity index (χ4v) is 2.35. The Hall–Kier alpha value is -1.16. The van der Waals surface area contributed by atoms with Gasteiger partial charge in [0.25, 0.3) is 0 Å². The first-order valence-corrected chi connectivity index (χ1v) is 6.46. The van der Waals surface area contributed by atoms with Crippen LogP contribution in [0.15, 0.2) is 6.07 Å². The van der Waals surface area contributed by atoms with E-state index in [0.717, 1.165) is 24.2 Å². The molecule has 0 bridgehead atoms. The molecule has 0 fully saturated rings. The molecule has 0 aliphatic carbocycles. The Bertz CT molecular complexity index is 584. The van der Waals surface area contributed by atoms with Crippen LogP contribution in [-0.4, -0.2) is 14.6 Å². The van der Waals surface area contributed by atoms with Crippen LogP contribution in [0, 0.1) is 6.92 Å². The summed E-state index contributed by atoms with van der Waals surface area (Å²) in [7, 11) is 0. The zero-order valence-corrected chi connectivity index (χ0v) is 11.8. The van der Waals surface area contributed by atoms with Crippen molar-refractivity contribution in [1.82, 2.24) is 14.6 Å². The molecule has 0 amide bonds. The van der Waals surface area contributed by atoms with E-state index in [-0.39, 0.29) is 0 Å². The van der Waals surface area contributed by atoms with Crippen molar-refractivity contribution in [2.24, 2.45) is 0 Å². The lowest BCUT2D eigenvalue weighted by atomic mass is 10.0. The molecule has 2 rings (SSSR count). The van der Waals surface area contributed by atoms with Crippen LogP contribution in [0.1, 0.15) is 44.1 Å². The Morgan fingerprint density at radius 2 is 2.11 bits per heavy atom. The molecule has 0 saturated heterocycles. The first kappa shape index (κ1) is 13.3. The van der Waals surface area contributed by atoms with Crippen molar-refractivity contribution in [1.29, 1.82) is 0 Å². The van der Waals surface area contributed by atoms with Gasteiger partial charge >= 0.3 is 0 Å². The highest BCUT2D eigenvalue weighted by atomic mass is 35.5. The van der Waals surface area contributed by atoms with Crippen molar-refractivity contribution in [2.45, 2.75) is 46.2 Å². The smallest absolute Gasteiger partial charge is 0.160 e. The van der Waals surface area contributed by atoms with Crippen LogP contribution < -0.4 is 0 Å². The van der Waals surface area contributed by atoms with Gasteiger partial charge in [-0.3, -0.25) is 0 Å². The lowest BCUT2D eigenvalue weighted by Crippen LogP contribution is -2.13. The highest BCUT2D eigenvalue weighted by Crippen LogP contribution is 2.32. The summed E-state index contributed by atoms with van der Waals surface area (Å²) in [6.07, 6.45) is 1.76. The van der Waals surface area contributed by atoms with E-state index in [9.17, 15) is 4.39 Å². The third-order valence-corrected chi connectivity index (χ3v) is 3.25. The van der Waals surface area contributed by atoms with Gasteiger partial charge in [-0.15, -0.1) is 5.10 Å². The van der Waals surface area contributed by atoms with E-state index in [1.807, 2.05) is 6.92 Å². The maximum atomic E-state index is 14.1. The molecule has 0 N–H and O–H groups in total. The van der Waals surface area contributed by atoms with Crippen LogP contribution in [0.4, 0.5) is 4.39 Å². The second kappa shape index (κ2) is 4.50. The summed E-state index contributed by atoms with van der Waals surface area (Å²) in [5.41, 5.74) is 0.543. The zero-order valence-electron chi connectivity index (χ0n) is 11.1. The number of alkyl halides is 1. The van der Waals surface area contributed by atoms with Crippen LogP contribution in [0.3, 0.4) is 0 Å². The molecule has 18 heavy (non-hydrogen) atoms. The minimum atomic E-state index is -1.49. The van der Waals surface area contributed by atoms with E-state index in [4.69, 9.17) is 11.6 Å². The van der Waals surface area contributed by atoms with Crippen molar-refractivity contribution in [2.75, 3.05) is 0 Å². The standard InChI is InChI=1S/C13H17ClFN3/c1-5-6-10-16-12-8(2)7-9(13(3,4)15)11(14)18(12)17-10/h7H,5-6H2,1-4H3. The summed E-state index contributed by atoms with van der Waals surface area (Å²) in [6.45, 7) is 6.94. The molecule has 0 unspecified atom stereocenters. The van der Waals surface area contributed by atoms with E-state index in [2.05, 4.69) is 17.0 Å². The van der Waals surface area contributed by atoms with Crippen LogP contribution >= 0.6 is 11.6 Å². The topological polar surface area (TPSA) is 30.2 Å². The van der Waals surface area contributed by atoms with Gasteiger partial charge < -0.3 is 0 Å². The molecule has 5 heteroatoms. The maximum Gasteiger partial charge on any atom is 0.160 e. The Kier molecular flexibility index (Phi) is 3.32. The lowest BCUT2D eigenvalue weighted by Gasteiger charge is -2.17. The zero-order chi connectivity index (χ0) is 13.5. The van der Waals surface area contributed by atoms with Crippen LogP contribution in [0.25, 0.3) is 5.65 Å². The third kappa shape index (κ3) is 2.21. The summed E-state index contributed by atoms with van der Waals surface area (Å²) < 4.78 is 15.6. The van der Waals surface area contributed by atoms with Gasteiger partial charge in [0.1, 0.15) is 10.8 Å². The molecular formula is C13H17ClFN3. The molecule has 2 heterocycles. The van der Waals surface area contributed by atoms with E-state index in [1.54, 1.807) is 10.6 Å². The molecule has 0 radical (unpaired) electrons. The second-order valence-electron chi connectivity index (χ2n) is 5.02. The first-order chi connectivity index (χ1) is 8.34. The molecule has 0 aromatic carbocycles. The number of nitrogens with zero attached hydrogens (tertiary/aromatic N) is 3. The third-order valence-electron chi connectivity index (χ3n) is 2.89. The maximum absolute atomic E-state index is 14.1. The molecule has 2 aromatic rings. The van der Waals surface area contributed by atoms with Gasteiger partial charge in [0.05, 0.1) is 0 Å². The van der Waals surface area contributed by atoms with Gasteiger partial charge in [0, 0.05) is 12.0 Å². The number of hydrogen-bond acceptors (Lipinski definition) is 2. The fraction of sp³-hybridized carbons (Fsp3) is 0.538. The van der Waals surface area contributed by atoms with Gasteiger partial charge in [-0.2, -0.15) is 0 Å². The fourth-order valence-electron chi connectivity index (χ4n) is 1.95. The Morgan fingerprint density at radius 3 is 2.67 bits per heavy atom. The summed E-state index contributed by atoms with van der Waals surface area (Å²) >= 11 is 6.23. The summed E-state index contributed by atoms with van der Waals surface area (Å²) in [5, 5.41) is 4.65. The normalized spacial score (nSPS) is 12.3. The van der Waals surface area contributed by atoms with Crippen LogP contribution in [0.5, 0.6) is 0 Å². The van der Waals surface area contributed by atoms with E-state index in [0.29, 0.717) is 16.4 Å². The number of aryl methyl sites for hydroxylation is 2. The monoisotopic (exact) mass is 269 g/mol. The first-order valence-electron chi connectivity index (χ1n) is 6.08. The number of hydrogen-bond donors (Lipinski definition) is 0. The highest BCUT2D eigenvalue weighted by Gasteiger charge is 2.25. The summed E-state index contributed by atoms with van der Waals surface area (Å²) in [4.78, 5) is 4.43. The second-order valence-corrected chi connectivity index (χ2v) is 5.38. The van der Waals surface area contributed by atoms with Gasteiger partial charge in [-0.05, 0) is 38.8 Å². The van der Waals surface area contributed by atoms with Gasteiger partial charge in [0.2, 0.25) is 0 Å².